The largest absolute Gasteiger partial charge is 0.389 e. The Kier molecular flexibility index (Phi) is 7.37. The van der Waals surface area contributed by atoms with Gasteiger partial charge >= 0.3 is 11.9 Å². The van der Waals surface area contributed by atoms with Crippen molar-refractivity contribution in [1.82, 2.24) is 0 Å². The summed E-state index contributed by atoms with van der Waals surface area (Å²) in [6.07, 6.45) is -0.376. The maximum absolute atomic E-state index is 10.7. The van der Waals surface area contributed by atoms with Crippen molar-refractivity contribution in [1.29, 1.82) is 0 Å². The van der Waals surface area contributed by atoms with Crippen molar-refractivity contribution in [2.75, 3.05) is 0 Å². The third-order valence-corrected chi connectivity index (χ3v) is 0.948. The van der Waals surface area contributed by atoms with Crippen LogP contribution >= 0.6 is 0 Å². The fourth-order valence-corrected chi connectivity index (χ4v) is 0.430. The predicted molar refractivity (Wildman–Crippen MR) is 41.2 cm³/mol. The summed E-state index contributed by atoms with van der Waals surface area (Å²) in [6, 6.07) is 0. The van der Waals surface area contributed by atoms with Crippen LogP contribution < -0.4 is 0 Å². The third kappa shape index (κ3) is 7.43. The molecule has 0 rings (SSSR count). The second kappa shape index (κ2) is 6.57. The molecule has 0 saturated carbocycles. The Morgan fingerprint density at radius 2 is 1.69 bits per heavy atom. The van der Waals surface area contributed by atoms with E-state index in [9.17, 15) is 14.4 Å². The molecule has 0 aliphatic rings. The molecule has 0 aromatic heterocycles. The van der Waals surface area contributed by atoms with Gasteiger partial charge in [0.15, 0.2) is 0 Å². The summed E-state index contributed by atoms with van der Waals surface area (Å²) in [5.74, 6) is -1.97. The summed E-state index contributed by atoms with van der Waals surface area (Å²) >= 11 is 0. The molecule has 0 spiro atoms. The minimum absolute atomic E-state index is 0. The van der Waals surface area contributed by atoms with Crippen molar-refractivity contribution in [3.63, 3.8) is 0 Å². The standard InChI is InChI=1S/C8H10O4.Cu/c1-5(2)8(11)12-7(10)4-6(3)9;/h1,4H2,2-3H3;. The third-order valence-electron chi connectivity index (χ3n) is 0.948. The van der Waals surface area contributed by atoms with Crippen LogP contribution in [0.5, 0.6) is 0 Å². The van der Waals surface area contributed by atoms with Crippen LogP contribution in [0.1, 0.15) is 20.3 Å². The molecule has 0 amide bonds. The molecule has 0 saturated heterocycles. The number of hydrogen-bond donors (Lipinski definition) is 0. The van der Waals surface area contributed by atoms with Gasteiger partial charge in [-0.05, 0) is 13.8 Å². The van der Waals surface area contributed by atoms with Gasteiger partial charge in [0.2, 0.25) is 0 Å². The Balaban J connectivity index is 0. The molecule has 5 heteroatoms. The second-order valence-electron chi connectivity index (χ2n) is 2.42. The van der Waals surface area contributed by atoms with E-state index < -0.39 is 11.9 Å². The average Bonchev–Trinajstić information content (AvgIpc) is 1.84. The monoisotopic (exact) mass is 233 g/mol. The van der Waals surface area contributed by atoms with Crippen molar-refractivity contribution in [2.24, 2.45) is 0 Å². The molecule has 0 aliphatic heterocycles. The topological polar surface area (TPSA) is 60.4 Å². The molecule has 1 radical (unpaired) electrons. The first kappa shape index (κ1) is 14.6. The Hall–Kier alpha value is -0.931. The number of ketones is 1. The van der Waals surface area contributed by atoms with Crippen LogP contribution in [0, 0.1) is 0 Å². The van der Waals surface area contributed by atoms with Gasteiger partial charge in [0, 0.05) is 22.6 Å². The molecule has 0 bridgehead atoms. The summed E-state index contributed by atoms with van der Waals surface area (Å²) in [4.78, 5) is 31.7. The molecule has 77 valence electrons. The van der Waals surface area contributed by atoms with Gasteiger partial charge in [-0.2, -0.15) is 0 Å². The number of Topliss-reactive ketones (excluding diaryl/α,β-unsaturated/α-hetero) is 1. The fraction of sp³-hybridized carbons (Fsp3) is 0.375. The number of carbonyl (C=O) groups is 3. The molecular formula is C8H10CuO4. The van der Waals surface area contributed by atoms with Crippen LogP contribution in [-0.2, 0) is 36.2 Å². The first-order chi connectivity index (χ1) is 5.43. The molecule has 4 nitrogen and oxygen atoms in total. The molecule has 13 heavy (non-hydrogen) atoms. The van der Waals surface area contributed by atoms with E-state index >= 15 is 0 Å². The quantitative estimate of drug-likeness (QED) is 0.310. The van der Waals surface area contributed by atoms with E-state index in [0.29, 0.717) is 0 Å². The summed E-state index contributed by atoms with van der Waals surface area (Å²) in [5, 5.41) is 0. The molecule has 0 heterocycles. The minimum atomic E-state index is -0.838. The smallest absolute Gasteiger partial charge is 0.340 e. The molecule has 0 aromatic rings. The number of ether oxygens (including phenoxy) is 1. The number of carbonyl (C=O) groups excluding carboxylic acids is 3. The molecule has 0 aromatic carbocycles. The average molecular weight is 234 g/mol. The first-order valence-electron chi connectivity index (χ1n) is 3.33. The van der Waals surface area contributed by atoms with Gasteiger partial charge in [-0.3, -0.25) is 9.59 Å². The van der Waals surface area contributed by atoms with E-state index in [0.717, 1.165) is 0 Å². The Labute approximate surface area is 86.8 Å². The van der Waals surface area contributed by atoms with Gasteiger partial charge in [-0.1, -0.05) is 6.58 Å². The van der Waals surface area contributed by atoms with E-state index in [4.69, 9.17) is 0 Å². The van der Waals surface area contributed by atoms with Crippen molar-refractivity contribution in [3.05, 3.63) is 12.2 Å². The summed E-state index contributed by atoms with van der Waals surface area (Å²) in [7, 11) is 0. The second-order valence-corrected chi connectivity index (χ2v) is 2.42. The zero-order chi connectivity index (χ0) is 9.72. The summed E-state index contributed by atoms with van der Waals surface area (Å²) < 4.78 is 4.22. The Morgan fingerprint density at radius 1 is 1.23 bits per heavy atom. The number of rotatable bonds is 3. The minimum Gasteiger partial charge on any atom is -0.389 e. The Bertz CT molecular complexity index is 245. The fourth-order valence-electron chi connectivity index (χ4n) is 0.430. The van der Waals surface area contributed by atoms with Crippen molar-refractivity contribution in [3.8, 4) is 0 Å². The zero-order valence-electron chi connectivity index (χ0n) is 7.35. The van der Waals surface area contributed by atoms with Gasteiger partial charge in [0.25, 0.3) is 0 Å². The number of esters is 2. The van der Waals surface area contributed by atoms with E-state index in [1.165, 1.54) is 13.8 Å². The van der Waals surface area contributed by atoms with Crippen LogP contribution in [0.2, 0.25) is 0 Å². The first-order valence-corrected chi connectivity index (χ1v) is 3.33. The normalized spacial score (nSPS) is 8.15. The van der Waals surface area contributed by atoms with E-state index in [1.54, 1.807) is 0 Å². The molecule has 0 atom stereocenters. The molecule has 0 fully saturated rings. The van der Waals surface area contributed by atoms with Gasteiger partial charge in [-0.25, -0.2) is 4.79 Å². The van der Waals surface area contributed by atoms with Crippen LogP contribution in [-0.4, -0.2) is 17.7 Å². The predicted octanol–water partition coefficient (Wildman–Crippen LogP) is 0.609. The maximum Gasteiger partial charge on any atom is 0.340 e. The van der Waals surface area contributed by atoms with Crippen LogP contribution in [0.15, 0.2) is 12.2 Å². The van der Waals surface area contributed by atoms with E-state index in [-0.39, 0.29) is 34.8 Å². The van der Waals surface area contributed by atoms with Crippen molar-refractivity contribution >= 4 is 17.7 Å². The van der Waals surface area contributed by atoms with Crippen molar-refractivity contribution < 1.29 is 36.2 Å². The van der Waals surface area contributed by atoms with E-state index in [2.05, 4.69) is 11.3 Å². The van der Waals surface area contributed by atoms with E-state index in [1.807, 2.05) is 0 Å². The number of hydrogen-bond acceptors (Lipinski definition) is 4. The maximum atomic E-state index is 10.7. The van der Waals surface area contributed by atoms with Crippen LogP contribution in [0.4, 0.5) is 0 Å². The molecular weight excluding hydrogens is 224 g/mol. The molecule has 0 N–H and O–H groups in total. The van der Waals surface area contributed by atoms with Crippen molar-refractivity contribution in [2.45, 2.75) is 20.3 Å². The van der Waals surface area contributed by atoms with Gasteiger partial charge < -0.3 is 4.74 Å². The SMILES string of the molecule is C=C(C)C(=O)OC(=O)CC(C)=O.[Cu]. The van der Waals surface area contributed by atoms with Gasteiger partial charge in [0.1, 0.15) is 12.2 Å². The zero-order valence-corrected chi connectivity index (χ0v) is 8.29. The van der Waals surface area contributed by atoms with Gasteiger partial charge in [0.05, 0.1) is 0 Å². The van der Waals surface area contributed by atoms with Crippen LogP contribution in [0.3, 0.4) is 0 Å². The summed E-state index contributed by atoms with van der Waals surface area (Å²) in [5.41, 5.74) is 0.131. The Morgan fingerprint density at radius 3 is 2.00 bits per heavy atom. The molecule has 0 unspecified atom stereocenters. The van der Waals surface area contributed by atoms with Gasteiger partial charge in [-0.15, -0.1) is 0 Å². The molecule has 0 aliphatic carbocycles. The summed E-state index contributed by atoms with van der Waals surface area (Å²) in [6.45, 7) is 5.94. The van der Waals surface area contributed by atoms with Crippen LogP contribution in [0.25, 0.3) is 0 Å².